The standard InChI is InChI=1S/C8H9BrOS/c9-3-1-2-7-4-8(5-10)11-6-7/h1-2,4,6,10H,3,5H2. The normalized spacial score (nSPS) is 11.1. The number of rotatable bonds is 3. The van der Waals surface area contributed by atoms with E-state index < -0.39 is 0 Å². The van der Waals surface area contributed by atoms with Crippen molar-refractivity contribution in [1.82, 2.24) is 0 Å². The predicted molar refractivity (Wildman–Crippen MR) is 53.1 cm³/mol. The topological polar surface area (TPSA) is 20.2 Å². The molecule has 0 unspecified atom stereocenters. The fourth-order valence-electron chi connectivity index (χ4n) is 0.749. The smallest absolute Gasteiger partial charge is 0.0774 e. The summed E-state index contributed by atoms with van der Waals surface area (Å²) in [7, 11) is 0. The van der Waals surface area contributed by atoms with Crippen LogP contribution in [0.4, 0.5) is 0 Å². The van der Waals surface area contributed by atoms with Gasteiger partial charge in [-0.2, -0.15) is 0 Å². The lowest BCUT2D eigenvalue weighted by Gasteiger charge is -1.82. The Balaban J connectivity index is 2.65. The Labute approximate surface area is 78.5 Å². The second kappa shape index (κ2) is 4.70. The molecular formula is C8H9BrOS. The van der Waals surface area contributed by atoms with Crippen molar-refractivity contribution in [3.8, 4) is 0 Å². The van der Waals surface area contributed by atoms with Gasteiger partial charge in [-0.1, -0.05) is 28.1 Å². The summed E-state index contributed by atoms with van der Waals surface area (Å²) in [4.78, 5) is 1.01. The van der Waals surface area contributed by atoms with Crippen LogP contribution >= 0.6 is 27.3 Å². The van der Waals surface area contributed by atoms with E-state index in [4.69, 9.17) is 5.11 Å². The van der Waals surface area contributed by atoms with Gasteiger partial charge in [0.25, 0.3) is 0 Å². The second-order valence-corrected chi connectivity index (χ2v) is 3.70. The first-order valence-corrected chi connectivity index (χ1v) is 5.27. The number of alkyl halides is 1. The highest BCUT2D eigenvalue weighted by Gasteiger charge is 1.93. The molecule has 0 bridgehead atoms. The lowest BCUT2D eigenvalue weighted by molar-refractivity contribution is 0.285. The third-order valence-corrected chi connectivity index (χ3v) is 2.54. The highest BCUT2D eigenvalue weighted by Crippen LogP contribution is 2.15. The van der Waals surface area contributed by atoms with E-state index in [1.165, 1.54) is 5.56 Å². The van der Waals surface area contributed by atoms with Crippen LogP contribution in [0, 0.1) is 0 Å². The van der Waals surface area contributed by atoms with Gasteiger partial charge < -0.3 is 5.11 Å². The molecule has 60 valence electrons. The average molecular weight is 233 g/mol. The zero-order valence-electron chi connectivity index (χ0n) is 5.96. The lowest BCUT2D eigenvalue weighted by Crippen LogP contribution is -1.71. The predicted octanol–water partition coefficient (Wildman–Crippen LogP) is 2.65. The van der Waals surface area contributed by atoms with E-state index in [-0.39, 0.29) is 6.61 Å². The van der Waals surface area contributed by atoms with E-state index in [2.05, 4.69) is 15.9 Å². The molecule has 0 amide bonds. The van der Waals surface area contributed by atoms with Gasteiger partial charge in [-0.05, 0) is 17.0 Å². The maximum Gasteiger partial charge on any atom is 0.0774 e. The van der Waals surface area contributed by atoms with Gasteiger partial charge in [-0.25, -0.2) is 0 Å². The first-order chi connectivity index (χ1) is 5.36. The summed E-state index contributed by atoms with van der Waals surface area (Å²) in [5.41, 5.74) is 1.17. The molecule has 0 aliphatic carbocycles. The number of halogens is 1. The quantitative estimate of drug-likeness (QED) is 0.795. The summed E-state index contributed by atoms with van der Waals surface area (Å²) in [6, 6.07) is 1.99. The van der Waals surface area contributed by atoms with E-state index in [0.29, 0.717) is 0 Å². The minimum Gasteiger partial charge on any atom is -0.391 e. The van der Waals surface area contributed by atoms with E-state index in [1.54, 1.807) is 11.3 Å². The van der Waals surface area contributed by atoms with E-state index >= 15 is 0 Å². The van der Waals surface area contributed by atoms with Gasteiger partial charge >= 0.3 is 0 Å². The largest absolute Gasteiger partial charge is 0.391 e. The van der Waals surface area contributed by atoms with Crippen LogP contribution in [0.3, 0.4) is 0 Å². The van der Waals surface area contributed by atoms with Crippen molar-refractivity contribution in [1.29, 1.82) is 0 Å². The minimum absolute atomic E-state index is 0.146. The Morgan fingerprint density at radius 1 is 1.64 bits per heavy atom. The molecule has 0 aliphatic rings. The fourth-order valence-corrected chi connectivity index (χ4v) is 1.65. The number of allylic oxidation sites excluding steroid dienone is 1. The summed E-state index contributed by atoms with van der Waals surface area (Å²) in [5.74, 6) is 0. The second-order valence-electron chi connectivity index (χ2n) is 2.06. The molecule has 0 fully saturated rings. The molecule has 0 spiro atoms. The molecule has 3 heteroatoms. The van der Waals surface area contributed by atoms with E-state index in [0.717, 1.165) is 10.2 Å². The van der Waals surface area contributed by atoms with Crippen LogP contribution in [0.5, 0.6) is 0 Å². The third kappa shape index (κ3) is 2.77. The Hall–Kier alpha value is -0.120. The summed E-state index contributed by atoms with van der Waals surface area (Å²) in [6.45, 7) is 0.146. The molecule has 11 heavy (non-hydrogen) atoms. The minimum atomic E-state index is 0.146. The number of aliphatic hydroxyl groups excluding tert-OH is 1. The molecule has 1 N–H and O–H groups in total. The zero-order valence-corrected chi connectivity index (χ0v) is 8.36. The molecule has 1 aromatic heterocycles. The van der Waals surface area contributed by atoms with Gasteiger partial charge in [0.05, 0.1) is 6.61 Å². The Kier molecular flexibility index (Phi) is 3.83. The molecule has 0 aliphatic heterocycles. The Morgan fingerprint density at radius 3 is 3.00 bits per heavy atom. The van der Waals surface area contributed by atoms with Gasteiger partial charge in [0.1, 0.15) is 0 Å². The molecule has 0 atom stereocenters. The first kappa shape index (κ1) is 8.97. The lowest BCUT2D eigenvalue weighted by atomic mass is 10.3. The molecule has 1 aromatic rings. The van der Waals surface area contributed by atoms with Gasteiger partial charge in [-0.3, -0.25) is 0 Å². The van der Waals surface area contributed by atoms with Crippen LogP contribution in [-0.4, -0.2) is 10.4 Å². The van der Waals surface area contributed by atoms with Crippen LogP contribution in [-0.2, 0) is 6.61 Å². The van der Waals surface area contributed by atoms with Crippen molar-refractivity contribution < 1.29 is 5.11 Å². The monoisotopic (exact) mass is 232 g/mol. The van der Waals surface area contributed by atoms with Crippen LogP contribution in [0.1, 0.15) is 10.4 Å². The molecule has 1 nitrogen and oxygen atoms in total. The van der Waals surface area contributed by atoms with Crippen molar-refractivity contribution in [3.63, 3.8) is 0 Å². The van der Waals surface area contributed by atoms with Crippen LogP contribution < -0.4 is 0 Å². The van der Waals surface area contributed by atoms with Crippen molar-refractivity contribution in [2.45, 2.75) is 6.61 Å². The summed E-state index contributed by atoms with van der Waals surface area (Å²) in [5, 5.41) is 11.7. The summed E-state index contributed by atoms with van der Waals surface area (Å²) < 4.78 is 0. The van der Waals surface area contributed by atoms with E-state index in [9.17, 15) is 0 Å². The molecular weight excluding hydrogens is 224 g/mol. The van der Waals surface area contributed by atoms with Crippen molar-refractivity contribution in [3.05, 3.63) is 28.0 Å². The number of aliphatic hydroxyl groups is 1. The number of hydrogen-bond donors (Lipinski definition) is 1. The van der Waals surface area contributed by atoms with Crippen LogP contribution in [0.15, 0.2) is 17.5 Å². The van der Waals surface area contributed by atoms with Crippen molar-refractivity contribution >= 4 is 33.3 Å². The molecule has 1 heterocycles. The molecule has 0 saturated heterocycles. The molecule has 0 aromatic carbocycles. The highest BCUT2D eigenvalue weighted by molar-refractivity contribution is 9.09. The molecule has 0 saturated carbocycles. The maximum atomic E-state index is 8.75. The van der Waals surface area contributed by atoms with Crippen molar-refractivity contribution in [2.24, 2.45) is 0 Å². The first-order valence-electron chi connectivity index (χ1n) is 3.27. The molecule has 1 rings (SSSR count). The van der Waals surface area contributed by atoms with E-state index in [1.807, 2.05) is 23.6 Å². The number of hydrogen-bond acceptors (Lipinski definition) is 2. The molecule has 0 radical (unpaired) electrons. The van der Waals surface area contributed by atoms with Gasteiger partial charge in [0, 0.05) is 10.2 Å². The fraction of sp³-hybridized carbons (Fsp3) is 0.250. The Morgan fingerprint density at radius 2 is 2.45 bits per heavy atom. The maximum absolute atomic E-state index is 8.75. The number of thiophene rings is 1. The summed E-state index contributed by atoms with van der Waals surface area (Å²) in [6.07, 6.45) is 4.06. The van der Waals surface area contributed by atoms with Crippen LogP contribution in [0.2, 0.25) is 0 Å². The Bertz CT molecular complexity index is 242. The third-order valence-electron chi connectivity index (χ3n) is 1.23. The zero-order chi connectivity index (χ0) is 8.10. The van der Waals surface area contributed by atoms with Gasteiger partial charge in [0.2, 0.25) is 0 Å². The van der Waals surface area contributed by atoms with Crippen LogP contribution in [0.25, 0.3) is 6.08 Å². The van der Waals surface area contributed by atoms with Gasteiger partial charge in [-0.15, -0.1) is 11.3 Å². The van der Waals surface area contributed by atoms with Crippen molar-refractivity contribution in [2.75, 3.05) is 5.33 Å². The van der Waals surface area contributed by atoms with Gasteiger partial charge in [0.15, 0.2) is 0 Å². The highest BCUT2D eigenvalue weighted by atomic mass is 79.9. The average Bonchev–Trinajstić information content (AvgIpc) is 2.48. The summed E-state index contributed by atoms with van der Waals surface area (Å²) >= 11 is 4.88. The SMILES string of the molecule is OCc1cc(C=CCBr)cs1.